The summed E-state index contributed by atoms with van der Waals surface area (Å²) in [5, 5.41) is 11.4. The van der Waals surface area contributed by atoms with Crippen molar-refractivity contribution in [3.8, 4) is 0 Å². The van der Waals surface area contributed by atoms with E-state index in [2.05, 4.69) is 34.4 Å². The minimum atomic E-state index is 0.363. The van der Waals surface area contributed by atoms with Crippen LogP contribution in [0.1, 0.15) is 19.8 Å². The number of nitrogens with zero attached hydrogens (tertiary/aromatic N) is 3. The Balaban J connectivity index is 1.89. The van der Waals surface area contributed by atoms with Crippen LogP contribution in [0.2, 0.25) is 5.15 Å². The van der Waals surface area contributed by atoms with Crippen molar-refractivity contribution in [2.75, 3.05) is 32.0 Å². The molecule has 1 aliphatic rings. The van der Waals surface area contributed by atoms with Gasteiger partial charge in [0, 0.05) is 12.6 Å². The summed E-state index contributed by atoms with van der Waals surface area (Å²) in [6.45, 7) is 5.65. The highest BCUT2D eigenvalue weighted by Crippen LogP contribution is 2.30. The Labute approximate surface area is 107 Å². The number of aromatic nitrogens is 2. The summed E-state index contributed by atoms with van der Waals surface area (Å²) >= 11 is 5.80. The van der Waals surface area contributed by atoms with Crippen LogP contribution >= 0.6 is 11.6 Å². The Kier molecular flexibility index (Phi) is 3.84. The fraction of sp³-hybridized carbons (Fsp3) is 0.667. The molecule has 0 saturated carbocycles. The molecule has 17 heavy (non-hydrogen) atoms. The summed E-state index contributed by atoms with van der Waals surface area (Å²) < 4.78 is 0. The monoisotopic (exact) mass is 254 g/mol. The summed E-state index contributed by atoms with van der Waals surface area (Å²) in [6.07, 6.45) is 4.16. The zero-order valence-corrected chi connectivity index (χ0v) is 11.2. The number of piperidine rings is 1. The van der Waals surface area contributed by atoms with Gasteiger partial charge in [-0.1, -0.05) is 18.5 Å². The summed E-state index contributed by atoms with van der Waals surface area (Å²) in [4.78, 5) is 2.38. The molecule has 1 aliphatic heterocycles. The average Bonchev–Trinajstić information content (AvgIpc) is 2.31. The normalized spacial score (nSPS) is 20.2. The molecule has 2 heterocycles. The standard InChI is InChI=1S/C12H19ClN4/c1-12(3-5-17(2)6-4-12)9-14-10-7-11(13)16-15-8-10/h7-8H,3-6,9H2,1-2H3,(H,14,16). The first-order chi connectivity index (χ1) is 8.07. The zero-order chi connectivity index (χ0) is 12.3. The maximum atomic E-state index is 5.80. The van der Waals surface area contributed by atoms with Crippen molar-refractivity contribution in [2.24, 2.45) is 5.41 Å². The van der Waals surface area contributed by atoms with Crippen LogP contribution in [0.5, 0.6) is 0 Å². The van der Waals surface area contributed by atoms with E-state index < -0.39 is 0 Å². The van der Waals surface area contributed by atoms with Gasteiger partial charge in [0.05, 0.1) is 11.9 Å². The molecule has 0 amide bonds. The quantitative estimate of drug-likeness (QED) is 0.899. The van der Waals surface area contributed by atoms with E-state index in [1.165, 1.54) is 25.9 Å². The molecule has 4 nitrogen and oxygen atoms in total. The van der Waals surface area contributed by atoms with Gasteiger partial charge in [0.25, 0.3) is 0 Å². The van der Waals surface area contributed by atoms with Gasteiger partial charge in [-0.15, -0.1) is 5.10 Å². The van der Waals surface area contributed by atoms with Gasteiger partial charge in [0.1, 0.15) is 0 Å². The van der Waals surface area contributed by atoms with Gasteiger partial charge in [-0.3, -0.25) is 0 Å². The molecule has 0 bridgehead atoms. The van der Waals surface area contributed by atoms with Crippen LogP contribution in [0.4, 0.5) is 5.69 Å². The summed E-state index contributed by atoms with van der Waals surface area (Å²) in [6, 6.07) is 1.81. The van der Waals surface area contributed by atoms with Crippen molar-refractivity contribution in [3.05, 3.63) is 17.4 Å². The highest BCUT2D eigenvalue weighted by atomic mass is 35.5. The Morgan fingerprint density at radius 1 is 1.47 bits per heavy atom. The average molecular weight is 255 g/mol. The van der Waals surface area contributed by atoms with E-state index in [-0.39, 0.29) is 0 Å². The largest absolute Gasteiger partial charge is 0.383 e. The van der Waals surface area contributed by atoms with E-state index in [9.17, 15) is 0 Å². The molecule has 5 heteroatoms. The molecular weight excluding hydrogens is 236 g/mol. The number of nitrogens with one attached hydrogen (secondary N) is 1. The fourth-order valence-electron chi connectivity index (χ4n) is 2.09. The third-order valence-corrected chi connectivity index (χ3v) is 3.72. The topological polar surface area (TPSA) is 41.0 Å². The van der Waals surface area contributed by atoms with Crippen LogP contribution in [0.25, 0.3) is 0 Å². The minimum Gasteiger partial charge on any atom is -0.383 e. The molecule has 1 N–H and O–H groups in total. The van der Waals surface area contributed by atoms with Crippen molar-refractivity contribution in [1.82, 2.24) is 15.1 Å². The molecule has 1 aromatic rings. The number of rotatable bonds is 3. The first-order valence-corrected chi connectivity index (χ1v) is 6.36. The molecule has 1 saturated heterocycles. The maximum absolute atomic E-state index is 5.80. The van der Waals surface area contributed by atoms with Gasteiger partial charge in [-0.05, 0) is 38.4 Å². The SMILES string of the molecule is CN1CCC(C)(CNc2cnnc(Cl)c2)CC1. The molecule has 0 atom stereocenters. The van der Waals surface area contributed by atoms with Gasteiger partial charge >= 0.3 is 0 Å². The number of halogens is 1. The van der Waals surface area contributed by atoms with Crippen LogP contribution in [0, 0.1) is 5.41 Å². The van der Waals surface area contributed by atoms with Crippen LogP contribution in [0.3, 0.4) is 0 Å². The lowest BCUT2D eigenvalue weighted by Gasteiger charge is -2.38. The van der Waals surface area contributed by atoms with Crippen molar-refractivity contribution < 1.29 is 0 Å². The Morgan fingerprint density at radius 2 is 2.18 bits per heavy atom. The second-order valence-corrected chi connectivity index (χ2v) is 5.62. The van der Waals surface area contributed by atoms with Crippen molar-refractivity contribution in [2.45, 2.75) is 19.8 Å². The summed E-state index contributed by atoms with van der Waals surface area (Å²) in [7, 11) is 2.18. The smallest absolute Gasteiger partial charge is 0.153 e. The van der Waals surface area contributed by atoms with Gasteiger partial charge in [0.2, 0.25) is 0 Å². The molecule has 0 unspecified atom stereocenters. The maximum Gasteiger partial charge on any atom is 0.153 e. The van der Waals surface area contributed by atoms with Crippen LogP contribution in [-0.4, -0.2) is 41.8 Å². The molecule has 0 radical (unpaired) electrons. The fourth-order valence-corrected chi connectivity index (χ4v) is 2.25. The van der Waals surface area contributed by atoms with Crippen molar-refractivity contribution in [1.29, 1.82) is 0 Å². The first kappa shape index (κ1) is 12.6. The molecule has 2 rings (SSSR count). The predicted octanol–water partition coefficient (Wildman–Crippen LogP) is 2.27. The number of likely N-dealkylation sites (tertiary alicyclic amines) is 1. The first-order valence-electron chi connectivity index (χ1n) is 5.98. The number of hydrogen-bond acceptors (Lipinski definition) is 4. The van der Waals surface area contributed by atoms with Gasteiger partial charge < -0.3 is 10.2 Å². The van der Waals surface area contributed by atoms with E-state index in [0.29, 0.717) is 10.6 Å². The van der Waals surface area contributed by atoms with Crippen LogP contribution in [0.15, 0.2) is 12.3 Å². The lowest BCUT2D eigenvalue weighted by Crippen LogP contribution is -2.40. The second kappa shape index (κ2) is 5.19. The molecule has 0 aromatic carbocycles. The second-order valence-electron chi connectivity index (χ2n) is 5.23. The highest BCUT2D eigenvalue weighted by molar-refractivity contribution is 6.29. The molecule has 0 aliphatic carbocycles. The van der Waals surface area contributed by atoms with E-state index in [4.69, 9.17) is 11.6 Å². The molecule has 94 valence electrons. The molecular formula is C12H19ClN4. The summed E-state index contributed by atoms with van der Waals surface area (Å²) in [5.41, 5.74) is 1.31. The lowest BCUT2D eigenvalue weighted by molar-refractivity contribution is 0.150. The van der Waals surface area contributed by atoms with Crippen LogP contribution in [-0.2, 0) is 0 Å². The third-order valence-electron chi connectivity index (χ3n) is 3.54. The molecule has 1 aromatic heterocycles. The highest BCUT2D eigenvalue weighted by Gasteiger charge is 2.28. The van der Waals surface area contributed by atoms with Crippen LogP contribution < -0.4 is 5.32 Å². The lowest BCUT2D eigenvalue weighted by atomic mass is 9.80. The van der Waals surface area contributed by atoms with E-state index in [1.807, 2.05) is 6.07 Å². The Morgan fingerprint density at radius 3 is 2.82 bits per heavy atom. The van der Waals surface area contributed by atoms with E-state index in [0.717, 1.165) is 12.2 Å². The Hall–Kier alpha value is -0.870. The molecule has 0 spiro atoms. The predicted molar refractivity (Wildman–Crippen MR) is 70.4 cm³/mol. The van der Waals surface area contributed by atoms with Crippen molar-refractivity contribution >= 4 is 17.3 Å². The van der Waals surface area contributed by atoms with Gasteiger partial charge in [-0.25, -0.2) is 0 Å². The molecule has 1 fully saturated rings. The van der Waals surface area contributed by atoms with Crippen molar-refractivity contribution in [3.63, 3.8) is 0 Å². The summed E-state index contributed by atoms with van der Waals surface area (Å²) in [5.74, 6) is 0. The third kappa shape index (κ3) is 3.54. The minimum absolute atomic E-state index is 0.363. The number of hydrogen-bond donors (Lipinski definition) is 1. The van der Waals surface area contributed by atoms with Gasteiger partial charge in [-0.2, -0.15) is 5.10 Å². The number of anilines is 1. The van der Waals surface area contributed by atoms with Gasteiger partial charge in [0.15, 0.2) is 5.15 Å². The van der Waals surface area contributed by atoms with E-state index in [1.54, 1.807) is 6.20 Å². The zero-order valence-electron chi connectivity index (χ0n) is 10.4. The Bertz CT molecular complexity index is 375. The van der Waals surface area contributed by atoms with E-state index >= 15 is 0 Å².